The van der Waals surface area contributed by atoms with E-state index < -0.39 is 11.7 Å². The molecule has 23 heavy (non-hydrogen) atoms. The van der Waals surface area contributed by atoms with E-state index in [2.05, 4.69) is 10.3 Å². The highest BCUT2D eigenvalue weighted by molar-refractivity contribution is 6.38. The van der Waals surface area contributed by atoms with Gasteiger partial charge in [0.15, 0.2) is 0 Å². The van der Waals surface area contributed by atoms with Crippen molar-refractivity contribution in [1.29, 1.82) is 0 Å². The summed E-state index contributed by atoms with van der Waals surface area (Å²) in [4.78, 5) is 15.3. The Labute approximate surface area is 136 Å². The number of carbonyl (C=O) groups excluding carboxylic acids is 1. The van der Waals surface area contributed by atoms with Crippen molar-refractivity contribution in [3.8, 4) is 0 Å². The van der Waals surface area contributed by atoms with Gasteiger partial charge in [0.05, 0.1) is 11.1 Å². The Morgan fingerprint density at radius 3 is 2.48 bits per heavy atom. The SMILES string of the molecule is C[C@H](NC(=O)c1[nH]c2ccc(F)cc2c1Cl)c1ccc(F)cc1. The fraction of sp³-hybridized carbons (Fsp3) is 0.118. The standard InChI is InChI=1S/C17H13ClF2N2O/c1-9(10-2-4-11(19)5-3-10)21-17(23)16-15(18)13-8-12(20)6-7-14(13)22-16/h2-9,22H,1H3,(H,21,23)/t9-/m0/s1. The average Bonchev–Trinajstić information content (AvgIpc) is 2.85. The van der Waals surface area contributed by atoms with Crippen LogP contribution >= 0.6 is 11.6 Å². The molecular formula is C17H13ClF2N2O. The molecule has 3 nitrogen and oxygen atoms in total. The number of hydrogen-bond acceptors (Lipinski definition) is 1. The van der Waals surface area contributed by atoms with Gasteiger partial charge in [0, 0.05) is 10.9 Å². The molecule has 0 bridgehead atoms. The zero-order valence-electron chi connectivity index (χ0n) is 12.2. The first kappa shape index (κ1) is 15.5. The second kappa shape index (κ2) is 6.01. The highest BCUT2D eigenvalue weighted by Gasteiger charge is 2.19. The van der Waals surface area contributed by atoms with Gasteiger partial charge in [0.25, 0.3) is 5.91 Å². The number of benzene rings is 2. The van der Waals surface area contributed by atoms with Crippen LogP contribution in [0.1, 0.15) is 29.0 Å². The van der Waals surface area contributed by atoms with E-state index in [0.717, 1.165) is 5.56 Å². The third kappa shape index (κ3) is 3.05. The fourth-order valence-electron chi connectivity index (χ4n) is 2.39. The van der Waals surface area contributed by atoms with Crippen LogP contribution in [0.4, 0.5) is 8.78 Å². The number of aromatic nitrogens is 1. The van der Waals surface area contributed by atoms with Gasteiger partial charge in [-0.05, 0) is 42.8 Å². The lowest BCUT2D eigenvalue weighted by molar-refractivity contribution is 0.0936. The monoisotopic (exact) mass is 334 g/mol. The van der Waals surface area contributed by atoms with Crippen LogP contribution in [0.5, 0.6) is 0 Å². The average molecular weight is 335 g/mol. The number of carbonyl (C=O) groups is 1. The molecule has 1 aromatic heterocycles. The topological polar surface area (TPSA) is 44.9 Å². The van der Waals surface area contributed by atoms with Gasteiger partial charge < -0.3 is 10.3 Å². The molecule has 2 N–H and O–H groups in total. The summed E-state index contributed by atoms with van der Waals surface area (Å²) in [5.74, 6) is -1.18. The first-order valence-electron chi connectivity index (χ1n) is 6.99. The Morgan fingerprint density at radius 2 is 1.78 bits per heavy atom. The van der Waals surface area contributed by atoms with Crippen molar-refractivity contribution >= 4 is 28.4 Å². The van der Waals surface area contributed by atoms with Crippen LogP contribution in [-0.4, -0.2) is 10.9 Å². The number of aromatic amines is 1. The molecule has 118 valence electrons. The van der Waals surface area contributed by atoms with Gasteiger partial charge in [0.1, 0.15) is 17.3 Å². The molecular weight excluding hydrogens is 322 g/mol. The lowest BCUT2D eigenvalue weighted by Crippen LogP contribution is -2.27. The van der Waals surface area contributed by atoms with Gasteiger partial charge in [-0.15, -0.1) is 0 Å². The maximum Gasteiger partial charge on any atom is 0.269 e. The minimum Gasteiger partial charge on any atom is -0.349 e. The molecule has 3 aromatic rings. The molecule has 2 aromatic carbocycles. The molecule has 0 fully saturated rings. The summed E-state index contributed by atoms with van der Waals surface area (Å²) in [7, 11) is 0. The largest absolute Gasteiger partial charge is 0.349 e. The molecule has 0 aliphatic carbocycles. The highest BCUT2D eigenvalue weighted by atomic mass is 35.5. The number of nitrogens with one attached hydrogen (secondary N) is 2. The molecule has 0 radical (unpaired) electrons. The predicted octanol–water partition coefficient (Wildman–Crippen LogP) is 4.59. The fourth-order valence-corrected chi connectivity index (χ4v) is 2.68. The quantitative estimate of drug-likeness (QED) is 0.723. The van der Waals surface area contributed by atoms with Gasteiger partial charge in [-0.25, -0.2) is 8.78 Å². The number of fused-ring (bicyclic) bond motifs is 1. The summed E-state index contributed by atoms with van der Waals surface area (Å²) in [6.07, 6.45) is 0. The highest BCUT2D eigenvalue weighted by Crippen LogP contribution is 2.28. The molecule has 1 amide bonds. The smallest absolute Gasteiger partial charge is 0.269 e. The Kier molecular flexibility index (Phi) is 4.05. The number of amides is 1. The molecule has 0 aliphatic rings. The van der Waals surface area contributed by atoms with E-state index in [1.807, 2.05) is 0 Å². The summed E-state index contributed by atoms with van der Waals surface area (Å²) in [5, 5.41) is 3.40. The normalized spacial score (nSPS) is 12.3. The molecule has 0 saturated carbocycles. The van der Waals surface area contributed by atoms with Gasteiger partial charge in [-0.2, -0.15) is 0 Å². The lowest BCUT2D eigenvalue weighted by atomic mass is 10.1. The molecule has 3 rings (SSSR count). The summed E-state index contributed by atoms with van der Waals surface area (Å²) in [6, 6.07) is 9.61. The zero-order chi connectivity index (χ0) is 16.6. The van der Waals surface area contributed by atoms with Gasteiger partial charge in [-0.1, -0.05) is 23.7 Å². The maximum absolute atomic E-state index is 13.3. The van der Waals surface area contributed by atoms with Crippen molar-refractivity contribution in [3.05, 3.63) is 70.4 Å². The van der Waals surface area contributed by atoms with Crippen molar-refractivity contribution in [2.75, 3.05) is 0 Å². The lowest BCUT2D eigenvalue weighted by Gasteiger charge is -2.14. The van der Waals surface area contributed by atoms with E-state index in [9.17, 15) is 13.6 Å². The van der Waals surface area contributed by atoms with Crippen LogP contribution in [0.2, 0.25) is 5.02 Å². The molecule has 0 spiro atoms. The number of hydrogen-bond donors (Lipinski definition) is 2. The predicted molar refractivity (Wildman–Crippen MR) is 85.5 cm³/mol. The number of H-pyrrole nitrogens is 1. The van der Waals surface area contributed by atoms with Crippen LogP contribution in [0, 0.1) is 11.6 Å². The molecule has 1 heterocycles. The van der Waals surface area contributed by atoms with Crippen LogP contribution in [-0.2, 0) is 0 Å². The molecule has 1 atom stereocenters. The third-order valence-electron chi connectivity index (χ3n) is 3.64. The van der Waals surface area contributed by atoms with Crippen molar-refractivity contribution in [2.24, 2.45) is 0 Å². The molecule has 6 heteroatoms. The first-order chi connectivity index (χ1) is 11.0. The van der Waals surface area contributed by atoms with Gasteiger partial charge in [0.2, 0.25) is 0 Å². The van der Waals surface area contributed by atoms with Crippen LogP contribution in [0.3, 0.4) is 0 Å². The van der Waals surface area contributed by atoms with Crippen molar-refractivity contribution in [3.63, 3.8) is 0 Å². The molecule has 0 unspecified atom stereocenters. The van der Waals surface area contributed by atoms with Crippen molar-refractivity contribution in [1.82, 2.24) is 10.3 Å². The zero-order valence-corrected chi connectivity index (χ0v) is 12.9. The summed E-state index contributed by atoms with van der Waals surface area (Å²) in [6.45, 7) is 1.78. The molecule has 0 saturated heterocycles. The maximum atomic E-state index is 13.3. The van der Waals surface area contributed by atoms with E-state index >= 15 is 0 Å². The summed E-state index contributed by atoms with van der Waals surface area (Å²) < 4.78 is 26.2. The Balaban J connectivity index is 1.85. The number of halogens is 3. The van der Waals surface area contributed by atoms with Crippen LogP contribution in [0.25, 0.3) is 10.9 Å². The third-order valence-corrected chi connectivity index (χ3v) is 4.03. The second-order valence-corrected chi connectivity index (χ2v) is 5.63. The van der Waals surface area contributed by atoms with Gasteiger partial charge in [-0.3, -0.25) is 4.79 Å². The van der Waals surface area contributed by atoms with E-state index in [1.165, 1.54) is 30.3 Å². The van der Waals surface area contributed by atoms with Gasteiger partial charge >= 0.3 is 0 Å². The van der Waals surface area contributed by atoms with E-state index in [1.54, 1.807) is 19.1 Å². The minimum absolute atomic E-state index is 0.168. The summed E-state index contributed by atoms with van der Waals surface area (Å²) >= 11 is 6.17. The second-order valence-electron chi connectivity index (χ2n) is 5.25. The van der Waals surface area contributed by atoms with E-state index in [0.29, 0.717) is 10.9 Å². The summed E-state index contributed by atoms with van der Waals surface area (Å²) in [5.41, 5.74) is 1.51. The minimum atomic E-state index is -0.426. The Bertz CT molecular complexity index is 874. The van der Waals surface area contributed by atoms with Crippen molar-refractivity contribution in [2.45, 2.75) is 13.0 Å². The van der Waals surface area contributed by atoms with E-state index in [-0.39, 0.29) is 22.6 Å². The molecule has 0 aliphatic heterocycles. The van der Waals surface area contributed by atoms with Crippen molar-refractivity contribution < 1.29 is 13.6 Å². The Morgan fingerprint density at radius 1 is 1.13 bits per heavy atom. The van der Waals surface area contributed by atoms with Crippen LogP contribution < -0.4 is 5.32 Å². The Hall–Kier alpha value is -2.40. The van der Waals surface area contributed by atoms with Crippen LogP contribution in [0.15, 0.2) is 42.5 Å². The first-order valence-corrected chi connectivity index (χ1v) is 7.36. The number of rotatable bonds is 3. The van der Waals surface area contributed by atoms with E-state index in [4.69, 9.17) is 11.6 Å².